The summed E-state index contributed by atoms with van der Waals surface area (Å²) in [5.74, 6) is -0.0446. The van der Waals surface area contributed by atoms with E-state index < -0.39 is 10.0 Å². The lowest BCUT2D eigenvalue weighted by atomic mass is 10.2. The Kier molecular flexibility index (Phi) is 6.35. The molecule has 1 amide bonds. The maximum Gasteiger partial charge on any atom is 0.252 e. The van der Waals surface area contributed by atoms with E-state index in [0.717, 1.165) is 30.8 Å². The highest BCUT2D eigenvalue weighted by Gasteiger charge is 2.30. The Morgan fingerprint density at radius 1 is 1.32 bits per heavy atom. The molecule has 25 heavy (non-hydrogen) atoms. The Labute approximate surface area is 156 Å². The molecule has 0 bridgehead atoms. The van der Waals surface area contributed by atoms with E-state index in [-0.39, 0.29) is 22.8 Å². The number of piperazine rings is 1. The molecule has 0 saturated carbocycles. The van der Waals surface area contributed by atoms with Gasteiger partial charge >= 0.3 is 0 Å². The van der Waals surface area contributed by atoms with Gasteiger partial charge in [0.15, 0.2) is 0 Å². The van der Waals surface area contributed by atoms with Crippen LogP contribution in [0.2, 0.25) is 4.34 Å². The van der Waals surface area contributed by atoms with Crippen LogP contribution >= 0.6 is 22.9 Å². The maximum absolute atomic E-state index is 12.5. The van der Waals surface area contributed by atoms with Crippen molar-refractivity contribution in [2.75, 3.05) is 45.9 Å². The van der Waals surface area contributed by atoms with Crippen LogP contribution in [-0.2, 0) is 19.6 Å². The van der Waals surface area contributed by atoms with E-state index in [1.165, 1.54) is 10.4 Å². The average molecular weight is 408 g/mol. The van der Waals surface area contributed by atoms with Gasteiger partial charge in [0.1, 0.15) is 4.21 Å². The molecular weight excluding hydrogens is 386 g/mol. The van der Waals surface area contributed by atoms with Crippen molar-refractivity contribution in [3.05, 3.63) is 16.5 Å². The number of rotatable bonds is 6. The van der Waals surface area contributed by atoms with Crippen molar-refractivity contribution in [2.45, 2.75) is 23.2 Å². The lowest BCUT2D eigenvalue weighted by Gasteiger charge is -2.33. The zero-order chi connectivity index (χ0) is 17.9. The van der Waals surface area contributed by atoms with Crippen LogP contribution in [0, 0.1) is 0 Å². The van der Waals surface area contributed by atoms with Crippen molar-refractivity contribution < 1.29 is 17.9 Å². The second-order valence-corrected chi connectivity index (χ2v) is 10.1. The fraction of sp³-hybridized carbons (Fsp3) is 0.667. The molecule has 140 valence electrons. The molecule has 10 heteroatoms. The third kappa shape index (κ3) is 4.93. The fourth-order valence-corrected chi connectivity index (χ4v) is 6.04. The maximum atomic E-state index is 12.5. The number of hydrogen-bond donors (Lipinski definition) is 1. The topological polar surface area (TPSA) is 79.0 Å². The van der Waals surface area contributed by atoms with Gasteiger partial charge < -0.3 is 10.1 Å². The highest BCUT2D eigenvalue weighted by atomic mass is 35.5. The number of carbonyl (C=O) groups excluding carboxylic acids is 1. The standard InChI is InChI=1S/C15H22ClN3O4S2/c16-13-3-4-15(24-13)25(21,22)19-7-5-18(6-8-19)11-14(20)17-10-12-2-1-9-23-12/h3-4,12H,1-2,5-11H2,(H,17,20)/t12-/m0/s1. The molecule has 7 nitrogen and oxygen atoms in total. The first-order chi connectivity index (χ1) is 11.9. The summed E-state index contributed by atoms with van der Waals surface area (Å²) in [6.45, 7) is 3.41. The first-order valence-electron chi connectivity index (χ1n) is 8.31. The van der Waals surface area contributed by atoms with Gasteiger partial charge in [0.05, 0.1) is 17.0 Å². The van der Waals surface area contributed by atoms with E-state index in [4.69, 9.17) is 16.3 Å². The zero-order valence-electron chi connectivity index (χ0n) is 13.8. The monoisotopic (exact) mass is 407 g/mol. The van der Waals surface area contributed by atoms with Crippen molar-refractivity contribution in [1.82, 2.24) is 14.5 Å². The molecule has 2 aliphatic rings. The number of halogens is 1. The summed E-state index contributed by atoms with van der Waals surface area (Å²) in [5, 5.41) is 2.89. The van der Waals surface area contributed by atoms with Gasteiger partial charge in [-0.05, 0) is 25.0 Å². The molecule has 1 atom stereocenters. The summed E-state index contributed by atoms with van der Waals surface area (Å²) in [5.41, 5.74) is 0. The molecule has 0 unspecified atom stereocenters. The van der Waals surface area contributed by atoms with Crippen LogP contribution in [-0.4, -0.2) is 75.5 Å². The summed E-state index contributed by atoms with van der Waals surface area (Å²) in [6, 6.07) is 3.13. The Bertz CT molecular complexity index is 695. The fourth-order valence-electron chi connectivity index (χ4n) is 2.98. The van der Waals surface area contributed by atoms with Crippen LogP contribution in [0.1, 0.15) is 12.8 Å². The third-order valence-electron chi connectivity index (χ3n) is 4.39. The molecule has 1 N–H and O–H groups in total. The van der Waals surface area contributed by atoms with Crippen molar-refractivity contribution in [3.8, 4) is 0 Å². The van der Waals surface area contributed by atoms with E-state index >= 15 is 0 Å². The summed E-state index contributed by atoms with van der Waals surface area (Å²) < 4.78 is 32.7. The number of sulfonamides is 1. The number of amides is 1. The van der Waals surface area contributed by atoms with Crippen LogP contribution in [0.5, 0.6) is 0 Å². The second-order valence-electron chi connectivity index (χ2n) is 6.18. The largest absolute Gasteiger partial charge is 0.376 e. The first-order valence-corrected chi connectivity index (χ1v) is 10.9. The van der Waals surface area contributed by atoms with Gasteiger partial charge in [0.25, 0.3) is 10.0 Å². The molecule has 1 aromatic heterocycles. The minimum absolute atomic E-state index is 0.0446. The summed E-state index contributed by atoms with van der Waals surface area (Å²) in [7, 11) is -3.49. The first kappa shape index (κ1) is 19.1. The molecular formula is C15H22ClN3O4S2. The number of hydrogen-bond acceptors (Lipinski definition) is 6. The number of carbonyl (C=O) groups is 1. The lowest BCUT2D eigenvalue weighted by molar-refractivity contribution is -0.123. The number of ether oxygens (including phenoxy) is 1. The molecule has 0 spiro atoms. The van der Waals surface area contributed by atoms with Gasteiger partial charge in [-0.25, -0.2) is 8.42 Å². The number of nitrogens with zero attached hydrogens (tertiary/aromatic N) is 2. The minimum Gasteiger partial charge on any atom is -0.376 e. The summed E-state index contributed by atoms with van der Waals surface area (Å²) in [4.78, 5) is 14.0. The smallest absolute Gasteiger partial charge is 0.252 e. The molecule has 2 saturated heterocycles. The van der Waals surface area contributed by atoms with Crippen LogP contribution in [0.3, 0.4) is 0 Å². The zero-order valence-corrected chi connectivity index (χ0v) is 16.2. The number of thiophene rings is 1. The van der Waals surface area contributed by atoms with Gasteiger partial charge in [0.2, 0.25) is 5.91 Å². The highest BCUT2D eigenvalue weighted by Crippen LogP contribution is 2.28. The van der Waals surface area contributed by atoms with E-state index in [0.29, 0.717) is 37.1 Å². The molecule has 1 aromatic rings. The Morgan fingerprint density at radius 3 is 2.68 bits per heavy atom. The predicted octanol–water partition coefficient (Wildman–Crippen LogP) is 1.00. The van der Waals surface area contributed by atoms with E-state index in [1.54, 1.807) is 6.07 Å². The van der Waals surface area contributed by atoms with Gasteiger partial charge in [-0.3, -0.25) is 9.69 Å². The molecule has 2 aliphatic heterocycles. The minimum atomic E-state index is -3.49. The third-order valence-corrected chi connectivity index (χ3v) is 7.99. The van der Waals surface area contributed by atoms with E-state index in [9.17, 15) is 13.2 Å². The van der Waals surface area contributed by atoms with Crippen molar-refractivity contribution >= 4 is 38.9 Å². The Hall–Kier alpha value is -0.710. The molecule has 0 aromatic carbocycles. The number of nitrogens with one attached hydrogen (secondary N) is 1. The summed E-state index contributed by atoms with van der Waals surface area (Å²) >= 11 is 6.90. The molecule has 0 radical (unpaired) electrons. The Morgan fingerprint density at radius 2 is 2.08 bits per heavy atom. The summed E-state index contributed by atoms with van der Waals surface area (Å²) in [6.07, 6.45) is 2.17. The van der Waals surface area contributed by atoms with Crippen LogP contribution in [0.25, 0.3) is 0 Å². The van der Waals surface area contributed by atoms with Crippen molar-refractivity contribution in [3.63, 3.8) is 0 Å². The normalized spacial score (nSPS) is 23.0. The SMILES string of the molecule is O=C(CN1CCN(S(=O)(=O)c2ccc(Cl)s2)CC1)NC[C@@H]1CCCO1. The van der Waals surface area contributed by atoms with Gasteiger partial charge in [-0.1, -0.05) is 11.6 Å². The van der Waals surface area contributed by atoms with Gasteiger partial charge in [-0.2, -0.15) is 4.31 Å². The van der Waals surface area contributed by atoms with Gasteiger partial charge in [-0.15, -0.1) is 11.3 Å². The quantitative estimate of drug-likeness (QED) is 0.761. The van der Waals surface area contributed by atoms with Crippen molar-refractivity contribution in [1.29, 1.82) is 0 Å². The van der Waals surface area contributed by atoms with Crippen molar-refractivity contribution in [2.24, 2.45) is 0 Å². The van der Waals surface area contributed by atoms with Crippen LogP contribution in [0.4, 0.5) is 0 Å². The highest BCUT2D eigenvalue weighted by molar-refractivity contribution is 7.91. The molecule has 3 heterocycles. The Balaban J connectivity index is 1.44. The predicted molar refractivity (Wildman–Crippen MR) is 96.5 cm³/mol. The van der Waals surface area contributed by atoms with E-state index in [1.807, 2.05) is 4.90 Å². The molecule has 3 rings (SSSR count). The van der Waals surface area contributed by atoms with Gasteiger partial charge in [0, 0.05) is 39.3 Å². The molecule has 0 aliphatic carbocycles. The lowest BCUT2D eigenvalue weighted by Crippen LogP contribution is -2.51. The van der Waals surface area contributed by atoms with E-state index in [2.05, 4.69) is 5.32 Å². The second kappa shape index (κ2) is 8.32. The average Bonchev–Trinajstić information content (AvgIpc) is 3.25. The van der Waals surface area contributed by atoms with Crippen LogP contribution in [0.15, 0.2) is 16.3 Å². The molecule has 2 fully saturated rings. The van der Waals surface area contributed by atoms with Crippen LogP contribution < -0.4 is 5.32 Å².